The second-order valence-electron chi connectivity index (χ2n) is 6.65. The Bertz CT molecular complexity index is 482. The molecule has 2 nitrogen and oxygen atoms in total. The van der Waals surface area contributed by atoms with E-state index in [1.807, 2.05) is 6.07 Å². The Kier molecular flexibility index (Phi) is 3.27. The van der Waals surface area contributed by atoms with E-state index in [0.29, 0.717) is 24.1 Å². The summed E-state index contributed by atoms with van der Waals surface area (Å²) in [6.07, 6.45) is 6.58. The second kappa shape index (κ2) is 5.12. The van der Waals surface area contributed by atoms with E-state index in [1.165, 1.54) is 18.9 Å². The van der Waals surface area contributed by atoms with Crippen molar-refractivity contribution < 1.29 is 9.13 Å². The Hall–Kier alpha value is -0.930. The van der Waals surface area contributed by atoms with Crippen molar-refractivity contribution in [3.63, 3.8) is 0 Å². The van der Waals surface area contributed by atoms with Gasteiger partial charge in [0.25, 0.3) is 0 Å². The zero-order valence-electron chi connectivity index (χ0n) is 11.7. The van der Waals surface area contributed by atoms with Crippen LogP contribution >= 0.6 is 0 Å². The van der Waals surface area contributed by atoms with Crippen LogP contribution in [-0.4, -0.2) is 24.8 Å². The van der Waals surface area contributed by atoms with Crippen LogP contribution in [0.25, 0.3) is 0 Å². The molecule has 1 saturated heterocycles. The van der Waals surface area contributed by atoms with Crippen LogP contribution in [0.15, 0.2) is 24.3 Å². The fourth-order valence-corrected chi connectivity index (χ4v) is 3.77. The normalized spacial score (nSPS) is 36.9. The Morgan fingerprint density at radius 2 is 2.00 bits per heavy atom. The van der Waals surface area contributed by atoms with Crippen LogP contribution in [0.4, 0.5) is 4.39 Å². The van der Waals surface area contributed by atoms with Gasteiger partial charge in [0.2, 0.25) is 0 Å². The van der Waals surface area contributed by atoms with Gasteiger partial charge in [0.05, 0.1) is 6.10 Å². The van der Waals surface area contributed by atoms with Crippen LogP contribution < -0.4 is 5.32 Å². The van der Waals surface area contributed by atoms with Gasteiger partial charge in [-0.25, -0.2) is 4.39 Å². The van der Waals surface area contributed by atoms with Crippen molar-refractivity contribution in [1.29, 1.82) is 0 Å². The van der Waals surface area contributed by atoms with E-state index >= 15 is 0 Å². The van der Waals surface area contributed by atoms with Crippen molar-refractivity contribution >= 4 is 0 Å². The number of benzene rings is 1. The quantitative estimate of drug-likeness (QED) is 0.911. The van der Waals surface area contributed by atoms with Gasteiger partial charge >= 0.3 is 0 Å². The van der Waals surface area contributed by atoms with Crippen LogP contribution in [-0.2, 0) is 4.74 Å². The summed E-state index contributed by atoms with van der Waals surface area (Å²) < 4.78 is 19.1. The number of ether oxygens (including phenoxy) is 1. The number of hydrogen-bond donors (Lipinski definition) is 1. The first-order valence-corrected chi connectivity index (χ1v) is 7.93. The molecule has 1 N–H and O–H groups in total. The average Bonchev–Trinajstić information content (AvgIpc) is 3.13. The fourth-order valence-electron chi connectivity index (χ4n) is 3.77. The molecule has 1 aromatic rings. The molecule has 2 saturated carbocycles. The maximum absolute atomic E-state index is 13.2. The van der Waals surface area contributed by atoms with Crippen LogP contribution in [0.2, 0.25) is 0 Å². The molecule has 4 rings (SSSR count). The van der Waals surface area contributed by atoms with E-state index in [4.69, 9.17) is 4.74 Å². The molecule has 2 atom stereocenters. The summed E-state index contributed by atoms with van der Waals surface area (Å²) in [4.78, 5) is 0. The highest BCUT2D eigenvalue weighted by Gasteiger charge is 2.42. The molecule has 0 aromatic heterocycles. The molecule has 0 radical (unpaired) electrons. The highest BCUT2D eigenvalue weighted by Crippen LogP contribution is 2.41. The zero-order valence-corrected chi connectivity index (χ0v) is 11.7. The topological polar surface area (TPSA) is 21.3 Å². The lowest BCUT2D eigenvalue weighted by molar-refractivity contribution is 0.0749. The van der Waals surface area contributed by atoms with Crippen molar-refractivity contribution in [1.82, 2.24) is 5.32 Å². The molecule has 0 spiro atoms. The van der Waals surface area contributed by atoms with E-state index in [-0.39, 0.29) is 5.82 Å². The number of halogens is 1. The molecule has 3 aliphatic rings. The van der Waals surface area contributed by atoms with E-state index in [9.17, 15) is 4.39 Å². The second-order valence-corrected chi connectivity index (χ2v) is 6.65. The lowest BCUT2D eigenvalue weighted by Gasteiger charge is -2.39. The highest BCUT2D eigenvalue weighted by atomic mass is 19.1. The van der Waals surface area contributed by atoms with Crippen LogP contribution in [0.3, 0.4) is 0 Å². The van der Waals surface area contributed by atoms with Crippen molar-refractivity contribution in [2.75, 3.05) is 6.61 Å². The van der Waals surface area contributed by atoms with Crippen LogP contribution in [0.5, 0.6) is 0 Å². The third-order valence-corrected chi connectivity index (χ3v) is 5.13. The summed E-state index contributed by atoms with van der Waals surface area (Å²) in [5, 5.41) is 3.78. The standard InChI is InChI=1S/C17H22FNO/c18-14-3-1-2-12(8-14)13-9-15(10-13)19-16-6-7-20-17(16)11-4-5-11/h1-3,8,11,13,15-17,19H,4-7,9-10H2. The minimum Gasteiger partial charge on any atom is -0.376 e. The van der Waals surface area contributed by atoms with Crippen molar-refractivity contribution in [3.8, 4) is 0 Å². The molecule has 3 heteroatoms. The lowest BCUT2D eigenvalue weighted by Crippen LogP contribution is -2.49. The van der Waals surface area contributed by atoms with Gasteiger partial charge in [-0.2, -0.15) is 0 Å². The van der Waals surface area contributed by atoms with E-state index in [2.05, 4.69) is 11.4 Å². The van der Waals surface area contributed by atoms with Gasteiger partial charge in [-0.3, -0.25) is 0 Å². The third kappa shape index (κ3) is 2.49. The summed E-state index contributed by atoms with van der Waals surface area (Å²) >= 11 is 0. The molecule has 3 fully saturated rings. The van der Waals surface area contributed by atoms with Crippen LogP contribution in [0, 0.1) is 11.7 Å². The van der Waals surface area contributed by atoms with Gasteiger partial charge in [0, 0.05) is 18.7 Å². The maximum atomic E-state index is 13.2. The molecule has 2 unspecified atom stereocenters. The van der Waals surface area contributed by atoms with E-state index in [1.54, 1.807) is 6.07 Å². The predicted molar refractivity (Wildman–Crippen MR) is 76.2 cm³/mol. The average molecular weight is 275 g/mol. The third-order valence-electron chi connectivity index (χ3n) is 5.13. The SMILES string of the molecule is Fc1cccc(C2CC(NC3CCOC3C3CC3)C2)c1. The molecule has 20 heavy (non-hydrogen) atoms. The van der Waals surface area contributed by atoms with Gasteiger partial charge in [-0.15, -0.1) is 0 Å². The summed E-state index contributed by atoms with van der Waals surface area (Å²) in [5.41, 5.74) is 1.16. The molecule has 1 heterocycles. The fraction of sp³-hybridized carbons (Fsp3) is 0.647. The van der Waals surface area contributed by atoms with Crippen LogP contribution in [0.1, 0.15) is 43.6 Å². The Morgan fingerprint density at radius 1 is 1.15 bits per heavy atom. The summed E-state index contributed by atoms with van der Waals surface area (Å²) in [5.74, 6) is 1.23. The van der Waals surface area contributed by atoms with Gasteiger partial charge in [-0.05, 0) is 61.6 Å². The molecule has 0 amide bonds. The monoisotopic (exact) mass is 275 g/mol. The molecular weight excluding hydrogens is 253 g/mol. The van der Waals surface area contributed by atoms with Gasteiger partial charge in [0.15, 0.2) is 0 Å². The van der Waals surface area contributed by atoms with Crippen molar-refractivity contribution in [2.24, 2.45) is 5.92 Å². The maximum Gasteiger partial charge on any atom is 0.123 e. The summed E-state index contributed by atoms with van der Waals surface area (Å²) in [6, 6.07) is 8.23. The highest BCUT2D eigenvalue weighted by molar-refractivity contribution is 5.24. The Labute approximate surface area is 119 Å². The zero-order chi connectivity index (χ0) is 13.5. The number of hydrogen-bond acceptors (Lipinski definition) is 2. The molecule has 0 bridgehead atoms. The minimum atomic E-state index is -0.114. The molecular formula is C17H22FNO. The Balaban J connectivity index is 1.30. The largest absolute Gasteiger partial charge is 0.376 e. The van der Waals surface area contributed by atoms with Gasteiger partial charge in [0.1, 0.15) is 5.82 Å². The molecule has 2 aliphatic carbocycles. The first-order valence-electron chi connectivity index (χ1n) is 7.93. The number of rotatable bonds is 4. The van der Waals surface area contributed by atoms with Crippen molar-refractivity contribution in [3.05, 3.63) is 35.6 Å². The van der Waals surface area contributed by atoms with Crippen molar-refractivity contribution in [2.45, 2.75) is 56.2 Å². The van der Waals surface area contributed by atoms with Gasteiger partial charge < -0.3 is 10.1 Å². The smallest absolute Gasteiger partial charge is 0.123 e. The first kappa shape index (κ1) is 12.8. The lowest BCUT2D eigenvalue weighted by atomic mass is 9.75. The Morgan fingerprint density at radius 3 is 2.75 bits per heavy atom. The first-order chi connectivity index (χ1) is 9.79. The van der Waals surface area contributed by atoms with Gasteiger partial charge in [-0.1, -0.05) is 12.1 Å². The number of nitrogens with one attached hydrogen (secondary N) is 1. The molecule has 1 aromatic carbocycles. The minimum absolute atomic E-state index is 0.114. The molecule has 108 valence electrons. The van der Waals surface area contributed by atoms with E-state index < -0.39 is 0 Å². The molecule has 1 aliphatic heterocycles. The van der Waals surface area contributed by atoms with E-state index in [0.717, 1.165) is 37.4 Å². The summed E-state index contributed by atoms with van der Waals surface area (Å²) in [6.45, 7) is 0.916. The predicted octanol–water partition coefficient (Wildman–Crippen LogP) is 3.23. The summed E-state index contributed by atoms with van der Waals surface area (Å²) in [7, 11) is 0.